The zero-order chi connectivity index (χ0) is 19.1. The second kappa shape index (κ2) is 9.20. The van der Waals surface area contributed by atoms with E-state index in [2.05, 4.69) is 17.0 Å². The highest BCUT2D eigenvalue weighted by atomic mass is 32.2. The minimum absolute atomic E-state index is 0.0384. The largest absolute Gasteiger partial charge is 0.495 e. The van der Waals surface area contributed by atoms with Crippen molar-refractivity contribution in [2.75, 3.05) is 13.7 Å². The van der Waals surface area contributed by atoms with Crippen LogP contribution in [0.5, 0.6) is 5.75 Å². The summed E-state index contributed by atoms with van der Waals surface area (Å²) in [6.45, 7) is 7.97. The molecule has 0 radical (unpaired) electrons. The van der Waals surface area contributed by atoms with Crippen LogP contribution in [0.25, 0.3) is 0 Å². The van der Waals surface area contributed by atoms with Crippen LogP contribution in [0.2, 0.25) is 0 Å². The van der Waals surface area contributed by atoms with Gasteiger partial charge in [0.1, 0.15) is 10.6 Å². The molecule has 0 aliphatic rings. The number of carbonyl (C=O) groups is 1. The van der Waals surface area contributed by atoms with E-state index in [0.29, 0.717) is 12.1 Å². The third-order valence-electron chi connectivity index (χ3n) is 3.47. The molecular weight excluding hydrogens is 340 g/mol. The van der Waals surface area contributed by atoms with Gasteiger partial charge in [0.25, 0.3) is 5.91 Å². The smallest absolute Gasteiger partial charge is 0.251 e. The van der Waals surface area contributed by atoms with Crippen LogP contribution in [-0.2, 0) is 10.0 Å². The Morgan fingerprint density at radius 1 is 1.16 bits per heavy atom. The highest BCUT2D eigenvalue weighted by molar-refractivity contribution is 7.89. The number of unbranched alkanes of at least 4 members (excludes halogenated alkanes) is 3. The van der Waals surface area contributed by atoms with Crippen molar-refractivity contribution in [1.29, 1.82) is 0 Å². The fourth-order valence-corrected chi connectivity index (χ4v) is 3.96. The van der Waals surface area contributed by atoms with Crippen LogP contribution in [0, 0.1) is 0 Å². The summed E-state index contributed by atoms with van der Waals surface area (Å²) >= 11 is 0. The summed E-state index contributed by atoms with van der Waals surface area (Å²) in [4.78, 5) is 12.2. The molecule has 0 atom stereocenters. The summed E-state index contributed by atoms with van der Waals surface area (Å²) in [6, 6.07) is 4.42. The summed E-state index contributed by atoms with van der Waals surface area (Å²) in [7, 11) is -2.40. The normalized spacial score (nSPS) is 12.0. The highest BCUT2D eigenvalue weighted by Crippen LogP contribution is 2.26. The molecule has 0 unspecified atom stereocenters. The first-order valence-corrected chi connectivity index (χ1v) is 10.1. The van der Waals surface area contributed by atoms with Crippen LogP contribution in [-0.4, -0.2) is 33.5 Å². The van der Waals surface area contributed by atoms with Gasteiger partial charge in [0.2, 0.25) is 10.0 Å². The molecule has 7 heteroatoms. The molecule has 0 spiro atoms. The van der Waals surface area contributed by atoms with Gasteiger partial charge in [0, 0.05) is 17.6 Å². The molecule has 0 fully saturated rings. The van der Waals surface area contributed by atoms with E-state index in [9.17, 15) is 13.2 Å². The van der Waals surface area contributed by atoms with E-state index >= 15 is 0 Å². The van der Waals surface area contributed by atoms with Crippen molar-refractivity contribution in [3.8, 4) is 5.75 Å². The summed E-state index contributed by atoms with van der Waals surface area (Å²) < 4.78 is 33.0. The van der Waals surface area contributed by atoms with Crippen molar-refractivity contribution in [3.63, 3.8) is 0 Å². The van der Waals surface area contributed by atoms with Gasteiger partial charge in [0.05, 0.1) is 7.11 Å². The lowest BCUT2D eigenvalue weighted by atomic mass is 10.1. The number of nitrogens with one attached hydrogen (secondary N) is 2. The fraction of sp³-hybridized carbons (Fsp3) is 0.611. The molecule has 1 aromatic rings. The number of amides is 1. The molecule has 0 heterocycles. The van der Waals surface area contributed by atoms with Gasteiger partial charge in [-0.15, -0.1) is 0 Å². The van der Waals surface area contributed by atoms with E-state index in [1.807, 2.05) is 0 Å². The predicted molar refractivity (Wildman–Crippen MR) is 99.5 cm³/mol. The lowest BCUT2D eigenvalue weighted by molar-refractivity contribution is 0.0952. The van der Waals surface area contributed by atoms with Crippen LogP contribution < -0.4 is 14.8 Å². The number of benzene rings is 1. The number of methoxy groups -OCH3 is 1. The Labute approximate surface area is 151 Å². The second-order valence-electron chi connectivity index (χ2n) is 7.04. The molecule has 1 amide bonds. The number of ether oxygens (including phenoxy) is 1. The highest BCUT2D eigenvalue weighted by Gasteiger charge is 2.26. The molecule has 6 nitrogen and oxygen atoms in total. The second-order valence-corrected chi connectivity index (χ2v) is 8.69. The molecule has 1 rings (SSSR count). The van der Waals surface area contributed by atoms with Gasteiger partial charge in [-0.3, -0.25) is 4.79 Å². The van der Waals surface area contributed by atoms with E-state index in [0.717, 1.165) is 25.7 Å². The Bertz CT molecular complexity index is 679. The minimum atomic E-state index is -3.80. The van der Waals surface area contributed by atoms with Crippen molar-refractivity contribution in [1.82, 2.24) is 10.0 Å². The number of hydrogen-bond acceptors (Lipinski definition) is 4. The first-order valence-electron chi connectivity index (χ1n) is 8.61. The van der Waals surface area contributed by atoms with Gasteiger partial charge in [-0.25, -0.2) is 13.1 Å². The van der Waals surface area contributed by atoms with E-state index in [1.54, 1.807) is 26.8 Å². The van der Waals surface area contributed by atoms with Crippen LogP contribution >= 0.6 is 0 Å². The molecule has 0 aromatic heterocycles. The molecule has 2 N–H and O–H groups in total. The Hall–Kier alpha value is -1.60. The van der Waals surface area contributed by atoms with Gasteiger partial charge in [-0.2, -0.15) is 0 Å². The summed E-state index contributed by atoms with van der Waals surface area (Å²) in [5, 5.41) is 2.83. The van der Waals surface area contributed by atoms with E-state index in [-0.39, 0.29) is 16.6 Å². The Kier molecular flexibility index (Phi) is 7.89. The molecule has 0 bridgehead atoms. The molecule has 142 valence electrons. The fourth-order valence-electron chi connectivity index (χ4n) is 2.34. The summed E-state index contributed by atoms with van der Waals surface area (Å²) in [6.07, 6.45) is 4.24. The number of carbonyl (C=O) groups excluding carboxylic acids is 1. The Morgan fingerprint density at radius 3 is 2.40 bits per heavy atom. The summed E-state index contributed by atoms with van der Waals surface area (Å²) in [5.41, 5.74) is -0.341. The van der Waals surface area contributed by atoms with Crippen molar-refractivity contribution in [3.05, 3.63) is 23.8 Å². The number of rotatable bonds is 9. The van der Waals surface area contributed by atoms with Gasteiger partial charge < -0.3 is 10.1 Å². The average Bonchev–Trinajstić information content (AvgIpc) is 2.51. The topological polar surface area (TPSA) is 84.5 Å². The standard InChI is InChI=1S/C18H30N2O4S/c1-6-7-8-9-12-19-17(21)14-10-11-15(24-5)16(13-14)25(22,23)20-18(2,3)4/h10-11,13,20H,6-9,12H2,1-5H3,(H,19,21). The predicted octanol–water partition coefficient (Wildman–Crippen LogP) is 3.08. The van der Waals surface area contributed by atoms with Crippen molar-refractivity contribution >= 4 is 15.9 Å². The third-order valence-corrected chi connectivity index (χ3v) is 5.25. The van der Waals surface area contributed by atoms with Crippen LogP contribution in [0.3, 0.4) is 0 Å². The molecule has 0 aliphatic heterocycles. The van der Waals surface area contributed by atoms with Gasteiger partial charge in [0.15, 0.2) is 0 Å². The summed E-state index contributed by atoms with van der Waals surface area (Å²) in [5.74, 6) is -0.0809. The molecule has 1 aromatic carbocycles. The first kappa shape index (κ1) is 21.4. The molecule has 0 saturated carbocycles. The lowest BCUT2D eigenvalue weighted by Crippen LogP contribution is -2.40. The number of hydrogen-bond donors (Lipinski definition) is 2. The molecule has 25 heavy (non-hydrogen) atoms. The SMILES string of the molecule is CCCCCCNC(=O)c1ccc(OC)c(S(=O)(=O)NC(C)(C)C)c1. The quantitative estimate of drug-likeness (QED) is 0.654. The third kappa shape index (κ3) is 7.04. The minimum Gasteiger partial charge on any atom is -0.495 e. The van der Waals surface area contributed by atoms with Crippen molar-refractivity contribution in [2.45, 2.75) is 63.8 Å². The molecular formula is C18H30N2O4S. The van der Waals surface area contributed by atoms with E-state index < -0.39 is 15.6 Å². The molecule has 0 saturated heterocycles. The maximum Gasteiger partial charge on any atom is 0.251 e. The monoisotopic (exact) mass is 370 g/mol. The number of sulfonamides is 1. The van der Waals surface area contributed by atoms with Gasteiger partial charge in [-0.1, -0.05) is 26.2 Å². The zero-order valence-electron chi connectivity index (χ0n) is 15.8. The maximum atomic E-state index is 12.6. The lowest BCUT2D eigenvalue weighted by Gasteiger charge is -2.21. The van der Waals surface area contributed by atoms with E-state index in [4.69, 9.17) is 4.74 Å². The van der Waals surface area contributed by atoms with E-state index in [1.165, 1.54) is 19.2 Å². The van der Waals surface area contributed by atoms with Crippen LogP contribution in [0.15, 0.2) is 23.1 Å². The zero-order valence-corrected chi connectivity index (χ0v) is 16.6. The van der Waals surface area contributed by atoms with Crippen molar-refractivity contribution in [2.24, 2.45) is 0 Å². The average molecular weight is 371 g/mol. The first-order chi connectivity index (χ1) is 11.6. The maximum absolute atomic E-state index is 12.6. The van der Waals surface area contributed by atoms with Gasteiger partial charge in [-0.05, 0) is 45.4 Å². The Morgan fingerprint density at radius 2 is 1.84 bits per heavy atom. The van der Waals surface area contributed by atoms with Crippen molar-refractivity contribution < 1.29 is 17.9 Å². The van der Waals surface area contributed by atoms with Crippen LogP contribution in [0.4, 0.5) is 0 Å². The van der Waals surface area contributed by atoms with Crippen LogP contribution in [0.1, 0.15) is 63.7 Å². The molecule has 0 aliphatic carbocycles. The Balaban J connectivity index is 2.97. The van der Waals surface area contributed by atoms with Gasteiger partial charge >= 0.3 is 0 Å².